The van der Waals surface area contributed by atoms with E-state index in [1.165, 1.54) is 29.0 Å². The van der Waals surface area contributed by atoms with Crippen molar-refractivity contribution in [2.24, 2.45) is 0 Å². The molecule has 4 nitrogen and oxygen atoms in total. The summed E-state index contributed by atoms with van der Waals surface area (Å²) in [5, 5.41) is 3.35. The maximum Gasteiger partial charge on any atom is 0.257 e. The van der Waals surface area contributed by atoms with Crippen LogP contribution in [-0.2, 0) is 6.54 Å². The number of rotatable bonds is 6. The van der Waals surface area contributed by atoms with Gasteiger partial charge in [0.2, 0.25) is 0 Å². The van der Waals surface area contributed by atoms with Gasteiger partial charge in [0.1, 0.15) is 6.54 Å². The molecule has 0 aliphatic carbocycles. The molecule has 2 aromatic rings. The van der Waals surface area contributed by atoms with Crippen molar-refractivity contribution in [3.05, 3.63) is 45.2 Å². The van der Waals surface area contributed by atoms with Crippen LogP contribution in [0.5, 0.6) is 0 Å². The molecule has 2 rings (SSSR count). The largest absolute Gasteiger partial charge is 0.342 e. The van der Waals surface area contributed by atoms with Crippen molar-refractivity contribution in [3.63, 3.8) is 0 Å². The first-order valence-corrected chi connectivity index (χ1v) is 7.71. The van der Waals surface area contributed by atoms with Crippen molar-refractivity contribution in [2.45, 2.75) is 26.8 Å². The average molecular weight is 289 g/mol. The normalized spacial score (nSPS) is 11.5. The molecule has 114 valence electrons. The van der Waals surface area contributed by atoms with Crippen LogP contribution in [0.25, 0.3) is 10.9 Å². The predicted molar refractivity (Wildman–Crippen MR) is 86.8 cm³/mol. The van der Waals surface area contributed by atoms with Crippen LogP contribution in [0.2, 0.25) is 0 Å². The Kier molecular flexibility index (Phi) is 5.15. The number of aromatic nitrogens is 1. The van der Waals surface area contributed by atoms with Gasteiger partial charge >= 0.3 is 0 Å². The Balaban J connectivity index is 2.08. The number of nitrogens with two attached hydrogens (primary N) is 1. The molecule has 0 atom stereocenters. The smallest absolute Gasteiger partial charge is 0.257 e. The Morgan fingerprint density at radius 1 is 1.14 bits per heavy atom. The number of nitrogens with one attached hydrogen (secondary N) is 2. The van der Waals surface area contributed by atoms with Crippen LogP contribution in [0, 0.1) is 13.8 Å². The van der Waals surface area contributed by atoms with Gasteiger partial charge in [0.25, 0.3) is 5.56 Å². The lowest BCUT2D eigenvalue weighted by Crippen LogP contribution is -3.06. The van der Waals surface area contributed by atoms with Crippen LogP contribution in [-0.4, -0.2) is 32.2 Å². The summed E-state index contributed by atoms with van der Waals surface area (Å²) >= 11 is 0. The highest BCUT2D eigenvalue weighted by Gasteiger charge is 2.06. The molecule has 1 aromatic carbocycles. The summed E-state index contributed by atoms with van der Waals surface area (Å²) in [4.78, 5) is 16.6. The zero-order valence-electron chi connectivity index (χ0n) is 13.5. The van der Waals surface area contributed by atoms with Gasteiger partial charge in [-0.25, -0.2) is 0 Å². The molecule has 0 aliphatic rings. The van der Waals surface area contributed by atoms with Crippen molar-refractivity contribution in [1.82, 2.24) is 4.98 Å². The minimum absolute atomic E-state index is 0.0419. The first kappa shape index (κ1) is 15.7. The zero-order chi connectivity index (χ0) is 15.4. The van der Waals surface area contributed by atoms with Crippen LogP contribution < -0.4 is 15.8 Å². The second-order valence-corrected chi connectivity index (χ2v) is 6.24. The number of H-pyrrole nitrogens is 1. The van der Waals surface area contributed by atoms with E-state index in [2.05, 4.69) is 50.4 Å². The van der Waals surface area contributed by atoms with E-state index < -0.39 is 0 Å². The summed E-state index contributed by atoms with van der Waals surface area (Å²) in [5.74, 6) is 0. The van der Waals surface area contributed by atoms with E-state index in [1.54, 1.807) is 0 Å². The summed E-state index contributed by atoms with van der Waals surface area (Å²) in [6, 6.07) is 6.24. The molecule has 0 unspecified atom stereocenters. The maximum atomic E-state index is 12.1. The number of hydrogen-bond acceptors (Lipinski definition) is 1. The van der Waals surface area contributed by atoms with Gasteiger partial charge in [0, 0.05) is 11.9 Å². The molecule has 0 saturated heterocycles. The second kappa shape index (κ2) is 6.87. The van der Waals surface area contributed by atoms with E-state index in [0.29, 0.717) is 0 Å². The Morgan fingerprint density at radius 3 is 2.57 bits per heavy atom. The van der Waals surface area contributed by atoms with Crippen molar-refractivity contribution in [2.75, 3.05) is 27.2 Å². The van der Waals surface area contributed by atoms with E-state index in [1.807, 2.05) is 6.07 Å². The number of pyridine rings is 1. The lowest BCUT2D eigenvalue weighted by atomic mass is 10.1. The summed E-state index contributed by atoms with van der Waals surface area (Å²) in [7, 11) is 4.33. The van der Waals surface area contributed by atoms with Crippen LogP contribution in [0.15, 0.2) is 23.0 Å². The van der Waals surface area contributed by atoms with E-state index in [9.17, 15) is 4.79 Å². The highest BCUT2D eigenvalue weighted by atomic mass is 16.1. The molecule has 0 fully saturated rings. The standard InChI is InChI=1S/C17H25N3O/c1-12-8-14-10-15(11-18-6-5-7-20(3)4)17(21)19-16(14)9-13(12)2/h8-10,18H,5-7,11H2,1-4H3,(H,19,21)/p+2. The highest BCUT2D eigenvalue weighted by Crippen LogP contribution is 2.16. The van der Waals surface area contributed by atoms with Gasteiger partial charge in [-0.05, 0) is 48.6 Å². The van der Waals surface area contributed by atoms with E-state index in [0.717, 1.165) is 29.6 Å². The van der Waals surface area contributed by atoms with Gasteiger partial charge in [0.15, 0.2) is 0 Å². The molecular weight excluding hydrogens is 262 g/mol. The molecular formula is C17H27N3O+2. The number of hydrogen-bond donors (Lipinski definition) is 3. The van der Waals surface area contributed by atoms with Gasteiger partial charge in [-0.3, -0.25) is 4.79 Å². The first-order chi connectivity index (χ1) is 9.97. The average Bonchev–Trinajstić information content (AvgIpc) is 2.41. The molecule has 0 amide bonds. The predicted octanol–water partition coefficient (Wildman–Crippen LogP) is -0.257. The Bertz CT molecular complexity index is 674. The minimum atomic E-state index is 0.0419. The third-order valence-electron chi connectivity index (χ3n) is 3.98. The van der Waals surface area contributed by atoms with Crippen LogP contribution in [0.3, 0.4) is 0 Å². The van der Waals surface area contributed by atoms with Crippen molar-refractivity contribution in [3.8, 4) is 0 Å². The zero-order valence-corrected chi connectivity index (χ0v) is 13.5. The number of aryl methyl sites for hydroxylation is 2. The lowest BCUT2D eigenvalue weighted by molar-refractivity contribution is -0.860. The molecule has 0 radical (unpaired) electrons. The van der Waals surface area contributed by atoms with Crippen molar-refractivity contribution in [1.29, 1.82) is 0 Å². The van der Waals surface area contributed by atoms with Gasteiger partial charge in [-0.2, -0.15) is 0 Å². The van der Waals surface area contributed by atoms with Gasteiger partial charge < -0.3 is 15.2 Å². The molecule has 0 saturated carbocycles. The fourth-order valence-corrected chi connectivity index (χ4v) is 2.53. The topological polar surface area (TPSA) is 53.9 Å². The van der Waals surface area contributed by atoms with Crippen LogP contribution in [0.1, 0.15) is 23.1 Å². The van der Waals surface area contributed by atoms with Crippen molar-refractivity contribution < 1.29 is 10.2 Å². The number of fused-ring (bicyclic) bond motifs is 1. The quantitative estimate of drug-likeness (QED) is 0.631. The van der Waals surface area contributed by atoms with E-state index >= 15 is 0 Å². The molecule has 0 aliphatic heterocycles. The minimum Gasteiger partial charge on any atom is -0.342 e. The fourth-order valence-electron chi connectivity index (χ4n) is 2.53. The van der Waals surface area contributed by atoms with Gasteiger partial charge in [0.05, 0.1) is 32.7 Å². The second-order valence-electron chi connectivity index (χ2n) is 6.24. The molecule has 1 heterocycles. The van der Waals surface area contributed by atoms with Gasteiger partial charge in [-0.1, -0.05) is 0 Å². The molecule has 21 heavy (non-hydrogen) atoms. The third-order valence-corrected chi connectivity index (χ3v) is 3.98. The molecule has 0 bridgehead atoms. The Hall–Kier alpha value is -1.65. The summed E-state index contributed by atoms with van der Waals surface area (Å²) in [6.45, 7) is 7.16. The first-order valence-electron chi connectivity index (χ1n) is 7.71. The van der Waals surface area contributed by atoms with Crippen molar-refractivity contribution >= 4 is 10.9 Å². The highest BCUT2D eigenvalue weighted by molar-refractivity contribution is 5.80. The molecule has 0 spiro atoms. The fraction of sp³-hybridized carbons (Fsp3) is 0.471. The van der Waals surface area contributed by atoms with Crippen LogP contribution >= 0.6 is 0 Å². The van der Waals surface area contributed by atoms with Gasteiger partial charge in [-0.15, -0.1) is 0 Å². The number of quaternary nitrogens is 2. The number of benzene rings is 1. The molecule has 4 heteroatoms. The summed E-state index contributed by atoms with van der Waals surface area (Å²) in [5.41, 5.74) is 4.31. The van der Waals surface area contributed by atoms with E-state index in [4.69, 9.17) is 0 Å². The lowest BCUT2D eigenvalue weighted by Gasteiger charge is -2.07. The SMILES string of the molecule is Cc1cc2cc(C[NH2+]CCC[NH+](C)C)c(=O)[nH]c2cc1C. The third kappa shape index (κ3) is 4.16. The summed E-state index contributed by atoms with van der Waals surface area (Å²) in [6.07, 6.45) is 1.17. The van der Waals surface area contributed by atoms with Crippen LogP contribution in [0.4, 0.5) is 0 Å². The summed E-state index contributed by atoms with van der Waals surface area (Å²) < 4.78 is 0. The van der Waals surface area contributed by atoms with E-state index in [-0.39, 0.29) is 5.56 Å². The maximum absolute atomic E-state index is 12.1. The Morgan fingerprint density at radius 2 is 1.86 bits per heavy atom. The number of aromatic amines is 1. The molecule has 1 aromatic heterocycles. The molecule has 4 N–H and O–H groups in total. The monoisotopic (exact) mass is 289 g/mol. The Labute approximate surface area is 126 Å².